The van der Waals surface area contributed by atoms with Crippen LogP contribution >= 0.6 is 23.1 Å². The molecule has 2 aromatic rings. The molecule has 29 heavy (non-hydrogen) atoms. The van der Waals surface area contributed by atoms with Gasteiger partial charge < -0.3 is 5.32 Å². The minimum absolute atomic E-state index is 0.00168. The predicted octanol–water partition coefficient (Wildman–Crippen LogP) is 4.44. The van der Waals surface area contributed by atoms with Crippen LogP contribution in [0.1, 0.15) is 58.1 Å². The number of benzene rings is 1. The van der Waals surface area contributed by atoms with Gasteiger partial charge in [-0.1, -0.05) is 74.2 Å². The standard InChI is InChI=1S/C21H28N4O2S2/c1-4-19(27)25(16-10-11-16)20-23-24-21(29-20)28-13-18(26)22-17(12-14(2)3)15-8-6-5-7-9-15/h5-9,14,16-17H,4,10-13H2,1-3H3,(H,22,26). The maximum atomic E-state index is 12.6. The molecule has 1 aromatic heterocycles. The van der Waals surface area contributed by atoms with Crippen molar-refractivity contribution in [2.24, 2.45) is 5.92 Å². The fourth-order valence-corrected chi connectivity index (χ4v) is 4.87. The van der Waals surface area contributed by atoms with Crippen LogP contribution in [0.3, 0.4) is 0 Å². The summed E-state index contributed by atoms with van der Waals surface area (Å²) in [5.74, 6) is 0.812. The molecule has 1 unspecified atom stereocenters. The Bertz CT molecular complexity index is 821. The van der Waals surface area contributed by atoms with E-state index < -0.39 is 0 Å². The number of hydrogen-bond acceptors (Lipinski definition) is 6. The monoisotopic (exact) mass is 432 g/mol. The van der Waals surface area contributed by atoms with Crippen molar-refractivity contribution in [2.75, 3.05) is 10.7 Å². The number of thioether (sulfide) groups is 1. The number of nitrogens with one attached hydrogen (secondary N) is 1. The molecule has 1 atom stereocenters. The topological polar surface area (TPSA) is 75.2 Å². The number of carbonyl (C=O) groups is 2. The number of hydrogen-bond donors (Lipinski definition) is 1. The van der Waals surface area contributed by atoms with E-state index in [9.17, 15) is 9.59 Å². The zero-order valence-electron chi connectivity index (χ0n) is 17.1. The van der Waals surface area contributed by atoms with Gasteiger partial charge >= 0.3 is 0 Å². The Labute approximate surface area is 180 Å². The number of aromatic nitrogens is 2. The number of nitrogens with zero attached hydrogens (tertiary/aromatic N) is 3. The van der Waals surface area contributed by atoms with Crippen LogP contribution in [0.5, 0.6) is 0 Å². The molecular weight excluding hydrogens is 404 g/mol. The Morgan fingerprint density at radius 2 is 1.97 bits per heavy atom. The molecule has 1 aliphatic carbocycles. The van der Waals surface area contributed by atoms with Crippen LogP contribution in [0, 0.1) is 5.92 Å². The molecule has 6 nitrogen and oxygen atoms in total. The van der Waals surface area contributed by atoms with E-state index in [1.54, 1.807) is 4.90 Å². The van der Waals surface area contributed by atoms with Gasteiger partial charge in [-0.15, -0.1) is 10.2 Å². The average molecular weight is 433 g/mol. The lowest BCUT2D eigenvalue weighted by atomic mass is 9.97. The minimum Gasteiger partial charge on any atom is -0.349 e. The van der Waals surface area contributed by atoms with Crippen molar-refractivity contribution in [3.63, 3.8) is 0 Å². The highest BCUT2D eigenvalue weighted by Gasteiger charge is 2.35. The number of rotatable bonds is 10. The first-order valence-corrected chi connectivity index (χ1v) is 11.9. The van der Waals surface area contributed by atoms with Crippen LogP contribution < -0.4 is 10.2 Å². The van der Waals surface area contributed by atoms with Gasteiger partial charge in [0.15, 0.2) is 4.34 Å². The van der Waals surface area contributed by atoms with Gasteiger partial charge in [0.05, 0.1) is 11.8 Å². The Hall–Kier alpha value is -1.93. The largest absolute Gasteiger partial charge is 0.349 e. The third kappa shape index (κ3) is 6.27. The predicted molar refractivity (Wildman–Crippen MR) is 118 cm³/mol. The second kappa shape index (κ2) is 10.2. The fraction of sp³-hybridized carbons (Fsp3) is 0.524. The minimum atomic E-state index is -0.0232. The molecule has 8 heteroatoms. The summed E-state index contributed by atoms with van der Waals surface area (Å²) in [6, 6.07) is 10.3. The van der Waals surface area contributed by atoms with Gasteiger partial charge in [0, 0.05) is 12.5 Å². The number of anilines is 1. The first-order chi connectivity index (χ1) is 14.0. The van der Waals surface area contributed by atoms with Crippen molar-refractivity contribution in [1.82, 2.24) is 15.5 Å². The van der Waals surface area contributed by atoms with Gasteiger partial charge in [-0.25, -0.2) is 0 Å². The Morgan fingerprint density at radius 3 is 2.59 bits per heavy atom. The molecule has 1 fully saturated rings. The van der Waals surface area contributed by atoms with Crippen molar-refractivity contribution < 1.29 is 9.59 Å². The molecule has 2 amide bonds. The molecule has 3 rings (SSSR count). The summed E-state index contributed by atoms with van der Waals surface area (Å²) in [6.07, 6.45) is 3.39. The Kier molecular flexibility index (Phi) is 7.66. The maximum absolute atomic E-state index is 12.6. The van der Waals surface area contributed by atoms with Crippen molar-refractivity contribution in [2.45, 2.75) is 62.9 Å². The van der Waals surface area contributed by atoms with Crippen LogP contribution in [0.4, 0.5) is 5.13 Å². The van der Waals surface area contributed by atoms with Gasteiger partial charge in [0.2, 0.25) is 16.9 Å². The zero-order valence-corrected chi connectivity index (χ0v) is 18.8. The van der Waals surface area contributed by atoms with Crippen molar-refractivity contribution in [3.8, 4) is 0 Å². The summed E-state index contributed by atoms with van der Waals surface area (Å²) in [7, 11) is 0. The molecule has 0 radical (unpaired) electrons. The SMILES string of the molecule is CCC(=O)N(c1nnc(SCC(=O)NC(CC(C)C)c2ccccc2)s1)C1CC1. The van der Waals surface area contributed by atoms with Gasteiger partial charge in [0.1, 0.15) is 0 Å². The zero-order chi connectivity index (χ0) is 20.8. The van der Waals surface area contributed by atoms with Crippen LogP contribution in [0.15, 0.2) is 34.7 Å². The normalized spacial score (nSPS) is 14.6. The van der Waals surface area contributed by atoms with E-state index in [2.05, 4.69) is 41.5 Å². The van der Waals surface area contributed by atoms with E-state index in [1.165, 1.54) is 23.1 Å². The lowest BCUT2D eigenvalue weighted by molar-refractivity contribution is -0.119. The van der Waals surface area contributed by atoms with Crippen LogP contribution in [0.2, 0.25) is 0 Å². The molecule has 0 saturated heterocycles. The molecule has 1 heterocycles. The summed E-state index contributed by atoms with van der Waals surface area (Å²) in [5.41, 5.74) is 1.12. The van der Waals surface area contributed by atoms with Crippen molar-refractivity contribution >= 4 is 40.0 Å². The lowest BCUT2D eigenvalue weighted by Gasteiger charge is -2.21. The van der Waals surface area contributed by atoms with Gasteiger partial charge in [-0.05, 0) is 30.7 Å². The third-order valence-electron chi connectivity index (χ3n) is 4.66. The van der Waals surface area contributed by atoms with E-state index in [0.29, 0.717) is 21.8 Å². The highest BCUT2D eigenvalue weighted by Crippen LogP contribution is 2.36. The van der Waals surface area contributed by atoms with E-state index in [-0.39, 0.29) is 29.7 Å². The summed E-state index contributed by atoms with van der Waals surface area (Å²) < 4.78 is 0.713. The van der Waals surface area contributed by atoms with Gasteiger partial charge in [-0.3, -0.25) is 14.5 Å². The van der Waals surface area contributed by atoms with Crippen molar-refractivity contribution in [1.29, 1.82) is 0 Å². The first kappa shape index (κ1) is 21.8. The van der Waals surface area contributed by atoms with Gasteiger partial charge in [0.25, 0.3) is 0 Å². The molecule has 156 valence electrons. The molecule has 0 spiro atoms. The lowest BCUT2D eigenvalue weighted by Crippen LogP contribution is -2.32. The fourth-order valence-electron chi connectivity index (χ4n) is 3.13. The van der Waals surface area contributed by atoms with E-state index in [0.717, 1.165) is 24.8 Å². The van der Waals surface area contributed by atoms with E-state index in [1.807, 2.05) is 25.1 Å². The third-order valence-corrected chi connectivity index (χ3v) is 6.71. The Morgan fingerprint density at radius 1 is 1.24 bits per heavy atom. The summed E-state index contributed by atoms with van der Waals surface area (Å²) in [4.78, 5) is 26.5. The maximum Gasteiger partial charge on any atom is 0.230 e. The number of amides is 2. The smallest absolute Gasteiger partial charge is 0.230 e. The second-order valence-corrected chi connectivity index (χ2v) is 9.83. The second-order valence-electron chi connectivity index (χ2n) is 7.65. The Balaban J connectivity index is 1.57. The molecule has 1 saturated carbocycles. The highest BCUT2D eigenvalue weighted by molar-refractivity contribution is 8.01. The molecular formula is C21H28N4O2S2. The van der Waals surface area contributed by atoms with E-state index in [4.69, 9.17) is 0 Å². The number of carbonyl (C=O) groups excluding carboxylic acids is 2. The van der Waals surface area contributed by atoms with E-state index >= 15 is 0 Å². The first-order valence-electron chi connectivity index (χ1n) is 10.1. The molecule has 0 aliphatic heterocycles. The quantitative estimate of drug-likeness (QED) is 0.444. The van der Waals surface area contributed by atoms with Gasteiger partial charge in [-0.2, -0.15) is 0 Å². The molecule has 1 N–H and O–H groups in total. The van der Waals surface area contributed by atoms with Crippen LogP contribution in [-0.4, -0.2) is 33.8 Å². The summed E-state index contributed by atoms with van der Waals surface area (Å²) >= 11 is 2.76. The molecule has 0 bridgehead atoms. The summed E-state index contributed by atoms with van der Waals surface area (Å²) in [6.45, 7) is 6.17. The molecule has 1 aromatic carbocycles. The highest BCUT2D eigenvalue weighted by atomic mass is 32.2. The van der Waals surface area contributed by atoms with Crippen LogP contribution in [-0.2, 0) is 9.59 Å². The van der Waals surface area contributed by atoms with Crippen LogP contribution in [0.25, 0.3) is 0 Å². The average Bonchev–Trinajstić information content (AvgIpc) is 3.43. The summed E-state index contributed by atoms with van der Waals surface area (Å²) in [5, 5.41) is 12.2. The van der Waals surface area contributed by atoms with Crippen molar-refractivity contribution in [3.05, 3.63) is 35.9 Å². The molecule has 1 aliphatic rings.